The predicted octanol–water partition coefficient (Wildman–Crippen LogP) is 5.18. The molecule has 0 radical (unpaired) electrons. The summed E-state index contributed by atoms with van der Waals surface area (Å²) in [6, 6.07) is 5.66. The fourth-order valence-electron chi connectivity index (χ4n) is 2.63. The van der Waals surface area contributed by atoms with Gasteiger partial charge < -0.3 is 5.32 Å². The van der Waals surface area contributed by atoms with Crippen molar-refractivity contribution in [2.75, 3.05) is 7.05 Å². The van der Waals surface area contributed by atoms with Crippen LogP contribution in [0.1, 0.15) is 56.7 Å². The van der Waals surface area contributed by atoms with E-state index in [2.05, 4.69) is 19.2 Å². The molecule has 20 heavy (non-hydrogen) atoms. The maximum absolute atomic E-state index is 12.6. The molecule has 2 atom stereocenters. The third-order valence-electron chi connectivity index (χ3n) is 3.83. The van der Waals surface area contributed by atoms with Crippen molar-refractivity contribution in [3.05, 3.63) is 35.4 Å². The number of unbranched alkanes of at least 4 members (excludes halogenated alkanes) is 1. The van der Waals surface area contributed by atoms with Crippen LogP contribution in [0.25, 0.3) is 0 Å². The number of hydrogen-bond acceptors (Lipinski definition) is 1. The van der Waals surface area contributed by atoms with Crippen LogP contribution in [-0.4, -0.2) is 7.05 Å². The minimum atomic E-state index is -4.26. The monoisotopic (exact) mass is 287 g/mol. The van der Waals surface area contributed by atoms with E-state index in [-0.39, 0.29) is 6.04 Å². The van der Waals surface area contributed by atoms with Crippen molar-refractivity contribution in [2.24, 2.45) is 5.92 Å². The Morgan fingerprint density at radius 1 is 1.10 bits per heavy atom. The van der Waals surface area contributed by atoms with E-state index in [1.165, 1.54) is 12.1 Å². The first kappa shape index (κ1) is 17.0. The molecule has 1 nitrogen and oxygen atoms in total. The fraction of sp³-hybridized carbons (Fsp3) is 0.625. The van der Waals surface area contributed by atoms with Crippen molar-refractivity contribution in [3.8, 4) is 0 Å². The molecule has 1 aromatic rings. The van der Waals surface area contributed by atoms with Crippen LogP contribution < -0.4 is 5.32 Å². The number of halogens is 3. The molecule has 2 unspecified atom stereocenters. The molecular formula is C16H24F3N. The third kappa shape index (κ3) is 4.51. The highest BCUT2D eigenvalue weighted by atomic mass is 19.4. The van der Waals surface area contributed by atoms with Gasteiger partial charge in [0.25, 0.3) is 0 Å². The molecule has 0 heterocycles. The maximum atomic E-state index is 12.6. The van der Waals surface area contributed by atoms with E-state index < -0.39 is 11.7 Å². The zero-order valence-corrected chi connectivity index (χ0v) is 12.4. The molecule has 0 amide bonds. The average molecular weight is 287 g/mol. The van der Waals surface area contributed by atoms with Crippen molar-refractivity contribution in [3.63, 3.8) is 0 Å². The summed E-state index contributed by atoms with van der Waals surface area (Å²) in [5.41, 5.74) is 0.348. The molecule has 0 aromatic heterocycles. The molecule has 0 spiro atoms. The van der Waals surface area contributed by atoms with Gasteiger partial charge in [-0.05, 0) is 37.1 Å². The van der Waals surface area contributed by atoms with Crippen molar-refractivity contribution >= 4 is 0 Å². The van der Waals surface area contributed by atoms with Crippen LogP contribution in [-0.2, 0) is 6.18 Å². The molecule has 0 saturated carbocycles. The minimum Gasteiger partial charge on any atom is -0.313 e. The van der Waals surface area contributed by atoms with Gasteiger partial charge in [-0.3, -0.25) is 0 Å². The largest absolute Gasteiger partial charge is 0.416 e. The van der Waals surface area contributed by atoms with Gasteiger partial charge in [0.05, 0.1) is 5.56 Å². The van der Waals surface area contributed by atoms with Gasteiger partial charge in [-0.2, -0.15) is 13.2 Å². The molecular weight excluding hydrogens is 263 g/mol. The van der Waals surface area contributed by atoms with Gasteiger partial charge in [0.1, 0.15) is 0 Å². The van der Waals surface area contributed by atoms with Crippen molar-refractivity contribution in [2.45, 2.75) is 51.7 Å². The first-order chi connectivity index (χ1) is 9.43. The topological polar surface area (TPSA) is 12.0 Å². The molecule has 0 aliphatic rings. The van der Waals surface area contributed by atoms with Gasteiger partial charge in [-0.15, -0.1) is 0 Å². The van der Waals surface area contributed by atoms with Gasteiger partial charge in [0.15, 0.2) is 0 Å². The highest BCUT2D eigenvalue weighted by Gasteiger charge is 2.30. The Kier molecular flexibility index (Phi) is 6.53. The molecule has 0 saturated heterocycles. The number of alkyl halides is 3. The van der Waals surface area contributed by atoms with Crippen molar-refractivity contribution < 1.29 is 13.2 Å². The lowest BCUT2D eigenvalue weighted by Crippen LogP contribution is -2.25. The second-order valence-corrected chi connectivity index (χ2v) is 5.20. The fourth-order valence-corrected chi connectivity index (χ4v) is 2.63. The molecule has 1 rings (SSSR count). The Hall–Kier alpha value is -1.03. The molecule has 1 N–H and O–H groups in total. The van der Waals surface area contributed by atoms with Crippen LogP contribution in [0.2, 0.25) is 0 Å². The first-order valence-electron chi connectivity index (χ1n) is 7.28. The minimum absolute atomic E-state index is 0.119. The zero-order chi connectivity index (χ0) is 15.2. The van der Waals surface area contributed by atoms with Gasteiger partial charge in [-0.1, -0.05) is 45.2 Å². The summed E-state index contributed by atoms with van der Waals surface area (Å²) in [7, 11) is 1.87. The zero-order valence-electron chi connectivity index (χ0n) is 12.4. The molecule has 0 aliphatic heterocycles. The second kappa shape index (κ2) is 7.67. The van der Waals surface area contributed by atoms with E-state index in [0.29, 0.717) is 5.92 Å². The summed E-state index contributed by atoms with van der Waals surface area (Å²) in [5, 5.41) is 3.26. The lowest BCUT2D eigenvalue weighted by atomic mass is 9.86. The SMILES string of the molecule is CCCCC(CC)C(NC)c1ccc(C(F)(F)F)cc1. The van der Waals surface area contributed by atoms with Crippen molar-refractivity contribution in [1.82, 2.24) is 5.32 Å². The Bertz CT molecular complexity index is 384. The summed E-state index contributed by atoms with van der Waals surface area (Å²) in [6.45, 7) is 4.29. The Morgan fingerprint density at radius 2 is 1.70 bits per heavy atom. The molecule has 4 heteroatoms. The van der Waals surface area contributed by atoms with Gasteiger partial charge in [-0.25, -0.2) is 0 Å². The molecule has 0 bridgehead atoms. The molecule has 114 valence electrons. The quantitative estimate of drug-likeness (QED) is 0.728. The normalized spacial score (nSPS) is 15.1. The highest BCUT2D eigenvalue weighted by molar-refractivity contribution is 5.27. The molecule has 0 aliphatic carbocycles. The van der Waals surface area contributed by atoms with E-state index in [1.54, 1.807) is 12.1 Å². The predicted molar refractivity (Wildman–Crippen MR) is 76.6 cm³/mol. The second-order valence-electron chi connectivity index (χ2n) is 5.20. The molecule has 1 aromatic carbocycles. The number of hydrogen-bond donors (Lipinski definition) is 1. The Balaban J connectivity index is 2.88. The summed E-state index contributed by atoms with van der Waals surface area (Å²) in [4.78, 5) is 0. The summed E-state index contributed by atoms with van der Waals surface area (Å²) < 4.78 is 37.7. The van der Waals surface area contributed by atoms with E-state index in [0.717, 1.165) is 31.2 Å². The highest BCUT2D eigenvalue weighted by Crippen LogP contribution is 2.32. The van der Waals surface area contributed by atoms with E-state index in [1.807, 2.05) is 7.05 Å². The maximum Gasteiger partial charge on any atom is 0.416 e. The van der Waals surface area contributed by atoms with Gasteiger partial charge >= 0.3 is 6.18 Å². The lowest BCUT2D eigenvalue weighted by Gasteiger charge is -2.26. The van der Waals surface area contributed by atoms with E-state index in [9.17, 15) is 13.2 Å². The molecule has 0 fully saturated rings. The number of rotatable bonds is 7. The van der Waals surface area contributed by atoms with Crippen LogP contribution in [0, 0.1) is 5.92 Å². The Morgan fingerprint density at radius 3 is 2.10 bits per heavy atom. The van der Waals surface area contributed by atoms with E-state index in [4.69, 9.17) is 0 Å². The lowest BCUT2D eigenvalue weighted by molar-refractivity contribution is -0.137. The van der Waals surface area contributed by atoms with Gasteiger partial charge in [0, 0.05) is 6.04 Å². The van der Waals surface area contributed by atoms with Gasteiger partial charge in [0.2, 0.25) is 0 Å². The smallest absolute Gasteiger partial charge is 0.313 e. The summed E-state index contributed by atoms with van der Waals surface area (Å²) >= 11 is 0. The Labute approximate surface area is 119 Å². The van der Waals surface area contributed by atoms with Crippen molar-refractivity contribution in [1.29, 1.82) is 0 Å². The van der Waals surface area contributed by atoms with Crippen LogP contribution in [0.5, 0.6) is 0 Å². The number of nitrogens with one attached hydrogen (secondary N) is 1. The van der Waals surface area contributed by atoms with Crippen LogP contribution in [0.3, 0.4) is 0 Å². The average Bonchev–Trinajstić information content (AvgIpc) is 2.42. The van der Waals surface area contributed by atoms with Crippen LogP contribution in [0.4, 0.5) is 13.2 Å². The number of benzene rings is 1. The van der Waals surface area contributed by atoms with Crippen LogP contribution in [0.15, 0.2) is 24.3 Å². The standard InChI is InChI=1S/C16H24F3N/c1-4-6-7-12(5-2)15(20-3)13-8-10-14(11-9-13)16(17,18)19/h8-12,15,20H,4-7H2,1-3H3. The summed E-state index contributed by atoms with van der Waals surface area (Å²) in [5.74, 6) is 0.455. The summed E-state index contributed by atoms with van der Waals surface area (Å²) in [6.07, 6.45) is 0.142. The third-order valence-corrected chi connectivity index (χ3v) is 3.83. The van der Waals surface area contributed by atoms with Crippen LogP contribution >= 0.6 is 0 Å². The van der Waals surface area contributed by atoms with E-state index >= 15 is 0 Å². The first-order valence-corrected chi connectivity index (χ1v) is 7.28.